The Balaban J connectivity index is 1.89. The third-order valence-electron chi connectivity index (χ3n) is 3.41. The number of nitrogens with zero attached hydrogens (tertiary/aromatic N) is 1. The van der Waals surface area contributed by atoms with E-state index in [1.54, 1.807) is 0 Å². The Kier molecular flexibility index (Phi) is 4.97. The van der Waals surface area contributed by atoms with Gasteiger partial charge in [0.2, 0.25) is 0 Å². The summed E-state index contributed by atoms with van der Waals surface area (Å²) in [6.07, 6.45) is 3.47. The van der Waals surface area contributed by atoms with Gasteiger partial charge in [-0.3, -0.25) is 4.79 Å². The fourth-order valence-electron chi connectivity index (χ4n) is 2.36. The summed E-state index contributed by atoms with van der Waals surface area (Å²) in [5, 5.41) is 11.0. The van der Waals surface area contributed by atoms with Crippen LogP contribution in [0.5, 0.6) is 5.75 Å². The van der Waals surface area contributed by atoms with Gasteiger partial charge in [-0.1, -0.05) is 6.07 Å². The minimum Gasteiger partial charge on any atom is -0.484 e. The van der Waals surface area contributed by atoms with Crippen molar-refractivity contribution in [3.05, 3.63) is 29.3 Å². The Labute approximate surface area is 118 Å². The number of carbonyl (C=O) groups excluding carboxylic acids is 1. The molecule has 1 aliphatic carbocycles. The van der Waals surface area contributed by atoms with Gasteiger partial charge in [-0.2, -0.15) is 5.26 Å². The van der Waals surface area contributed by atoms with E-state index in [0.29, 0.717) is 18.7 Å². The van der Waals surface area contributed by atoms with Crippen LogP contribution in [0.15, 0.2) is 18.2 Å². The molecule has 0 saturated carbocycles. The average molecular weight is 273 g/mol. The second-order valence-electron chi connectivity index (χ2n) is 4.91. The highest BCUT2D eigenvalue weighted by atomic mass is 16.5. The van der Waals surface area contributed by atoms with Crippen molar-refractivity contribution in [3.8, 4) is 11.8 Å². The van der Waals surface area contributed by atoms with Gasteiger partial charge in [0.25, 0.3) is 5.91 Å². The molecule has 0 aromatic heterocycles. The molecule has 1 unspecified atom stereocenters. The van der Waals surface area contributed by atoms with Crippen LogP contribution in [0.1, 0.15) is 36.4 Å². The van der Waals surface area contributed by atoms with Crippen molar-refractivity contribution in [3.63, 3.8) is 0 Å². The Morgan fingerprint density at radius 2 is 2.40 bits per heavy atom. The van der Waals surface area contributed by atoms with Crippen LogP contribution >= 0.6 is 0 Å². The molecule has 1 aliphatic rings. The molecule has 5 nitrogen and oxygen atoms in total. The zero-order valence-electron chi connectivity index (χ0n) is 11.4. The third-order valence-corrected chi connectivity index (χ3v) is 3.41. The first kappa shape index (κ1) is 14.4. The zero-order valence-corrected chi connectivity index (χ0v) is 11.4. The fourth-order valence-corrected chi connectivity index (χ4v) is 2.36. The van der Waals surface area contributed by atoms with Crippen LogP contribution in [-0.2, 0) is 11.2 Å². The van der Waals surface area contributed by atoms with Crippen LogP contribution < -0.4 is 15.8 Å². The Bertz CT molecular complexity index is 522. The second kappa shape index (κ2) is 6.92. The van der Waals surface area contributed by atoms with E-state index in [2.05, 4.69) is 5.32 Å². The highest BCUT2D eigenvalue weighted by molar-refractivity contribution is 5.77. The number of nitriles is 1. The molecule has 0 saturated heterocycles. The van der Waals surface area contributed by atoms with Gasteiger partial charge < -0.3 is 15.8 Å². The molecular weight excluding hydrogens is 254 g/mol. The largest absolute Gasteiger partial charge is 0.484 e. The molecule has 0 radical (unpaired) electrons. The van der Waals surface area contributed by atoms with Crippen molar-refractivity contribution in [2.75, 3.05) is 13.2 Å². The molecule has 3 N–H and O–H groups in total. The maximum atomic E-state index is 11.5. The van der Waals surface area contributed by atoms with E-state index >= 15 is 0 Å². The number of aryl methyl sites for hydroxylation is 1. The Morgan fingerprint density at radius 1 is 1.55 bits per heavy atom. The number of rotatable bonds is 5. The summed E-state index contributed by atoms with van der Waals surface area (Å²) in [6.45, 7) is 0.313. The minimum atomic E-state index is -0.220. The summed E-state index contributed by atoms with van der Waals surface area (Å²) in [4.78, 5) is 11.5. The van der Waals surface area contributed by atoms with Gasteiger partial charge in [0, 0.05) is 12.6 Å². The first-order valence-electron chi connectivity index (χ1n) is 6.85. The number of amides is 1. The van der Waals surface area contributed by atoms with Crippen LogP contribution in [0.3, 0.4) is 0 Å². The van der Waals surface area contributed by atoms with E-state index < -0.39 is 0 Å². The number of ether oxygens (including phenoxy) is 1. The van der Waals surface area contributed by atoms with Crippen molar-refractivity contribution < 1.29 is 9.53 Å². The number of carbonyl (C=O) groups is 1. The lowest BCUT2D eigenvalue weighted by Gasteiger charge is -2.22. The number of hydrogen-bond donors (Lipinski definition) is 2. The molecule has 20 heavy (non-hydrogen) atoms. The Morgan fingerprint density at radius 3 is 3.20 bits per heavy atom. The molecule has 0 bridgehead atoms. The monoisotopic (exact) mass is 273 g/mol. The van der Waals surface area contributed by atoms with E-state index in [9.17, 15) is 4.79 Å². The fraction of sp³-hybridized carbons (Fsp3) is 0.467. The van der Waals surface area contributed by atoms with Gasteiger partial charge in [0.1, 0.15) is 5.75 Å². The molecule has 0 heterocycles. The van der Waals surface area contributed by atoms with Gasteiger partial charge in [-0.25, -0.2) is 0 Å². The molecule has 1 atom stereocenters. The molecule has 1 amide bonds. The number of nitrogens with one attached hydrogen (secondary N) is 1. The predicted octanol–water partition coefficient (Wildman–Crippen LogP) is 1.43. The molecule has 1 aromatic rings. The molecule has 0 fully saturated rings. The third kappa shape index (κ3) is 3.72. The summed E-state index contributed by atoms with van der Waals surface area (Å²) in [5.41, 5.74) is 8.48. The average Bonchev–Trinajstić information content (AvgIpc) is 2.46. The normalized spacial score (nSPS) is 16.9. The first-order chi connectivity index (χ1) is 9.70. The summed E-state index contributed by atoms with van der Waals surface area (Å²) in [5.74, 6) is 0.443. The lowest BCUT2D eigenvalue weighted by Crippen LogP contribution is -2.29. The quantitative estimate of drug-likeness (QED) is 0.794. The van der Waals surface area contributed by atoms with Crippen LogP contribution in [0.25, 0.3) is 0 Å². The highest BCUT2D eigenvalue weighted by Crippen LogP contribution is 2.30. The van der Waals surface area contributed by atoms with Gasteiger partial charge in [0.05, 0.1) is 12.5 Å². The van der Waals surface area contributed by atoms with Gasteiger partial charge >= 0.3 is 0 Å². The van der Waals surface area contributed by atoms with Crippen molar-refractivity contribution in [1.29, 1.82) is 5.26 Å². The molecule has 0 aliphatic heterocycles. The summed E-state index contributed by atoms with van der Waals surface area (Å²) in [7, 11) is 0. The van der Waals surface area contributed by atoms with Crippen molar-refractivity contribution in [1.82, 2.24) is 5.32 Å². The lowest BCUT2D eigenvalue weighted by atomic mass is 9.88. The van der Waals surface area contributed by atoms with Crippen molar-refractivity contribution >= 4 is 5.91 Å². The van der Waals surface area contributed by atoms with E-state index in [1.165, 1.54) is 5.56 Å². The molecule has 2 rings (SSSR count). The molecule has 106 valence electrons. The van der Waals surface area contributed by atoms with Gasteiger partial charge in [0.15, 0.2) is 6.61 Å². The van der Waals surface area contributed by atoms with Crippen LogP contribution in [0.2, 0.25) is 0 Å². The highest BCUT2D eigenvalue weighted by Gasteiger charge is 2.17. The van der Waals surface area contributed by atoms with E-state index in [1.807, 2.05) is 24.3 Å². The maximum Gasteiger partial charge on any atom is 0.257 e. The van der Waals surface area contributed by atoms with Gasteiger partial charge in [-0.15, -0.1) is 0 Å². The summed E-state index contributed by atoms with van der Waals surface area (Å²) in [6, 6.07) is 7.86. The standard InChI is InChI=1S/C15H19N3O2/c16-7-2-8-18-15(19)10-20-12-6-5-11-3-1-4-14(17)13(11)9-12/h5-6,9,14H,1-4,8,10,17H2,(H,18,19). The molecule has 1 aromatic carbocycles. The van der Waals surface area contributed by atoms with Crippen molar-refractivity contribution in [2.24, 2.45) is 5.73 Å². The number of fused-ring (bicyclic) bond motifs is 1. The predicted molar refractivity (Wildman–Crippen MR) is 75.0 cm³/mol. The molecular formula is C15H19N3O2. The summed E-state index contributed by atoms with van der Waals surface area (Å²) < 4.78 is 5.46. The summed E-state index contributed by atoms with van der Waals surface area (Å²) >= 11 is 0. The van der Waals surface area contributed by atoms with Crippen LogP contribution in [0, 0.1) is 11.3 Å². The Hall–Kier alpha value is -2.06. The molecule has 5 heteroatoms. The van der Waals surface area contributed by atoms with Crippen LogP contribution in [-0.4, -0.2) is 19.1 Å². The lowest BCUT2D eigenvalue weighted by molar-refractivity contribution is -0.123. The van der Waals surface area contributed by atoms with Gasteiger partial charge in [-0.05, 0) is 42.5 Å². The second-order valence-corrected chi connectivity index (χ2v) is 4.91. The van der Waals surface area contributed by atoms with Crippen molar-refractivity contribution in [2.45, 2.75) is 31.7 Å². The number of nitrogens with two attached hydrogens (primary N) is 1. The van der Waals surface area contributed by atoms with E-state index in [4.69, 9.17) is 15.7 Å². The van der Waals surface area contributed by atoms with E-state index in [-0.39, 0.29) is 18.6 Å². The molecule has 0 spiro atoms. The SMILES string of the molecule is N#CCCNC(=O)COc1ccc2c(c1)C(N)CCC2. The zero-order chi connectivity index (χ0) is 14.4. The topological polar surface area (TPSA) is 88.1 Å². The van der Waals surface area contributed by atoms with Crippen LogP contribution in [0.4, 0.5) is 0 Å². The number of benzene rings is 1. The van der Waals surface area contributed by atoms with E-state index in [0.717, 1.165) is 24.8 Å². The smallest absolute Gasteiger partial charge is 0.257 e. The number of hydrogen-bond acceptors (Lipinski definition) is 4. The first-order valence-corrected chi connectivity index (χ1v) is 6.85. The minimum absolute atomic E-state index is 0.0422. The maximum absolute atomic E-state index is 11.5.